The Hall–Kier alpha value is -3.43. The molecular weight excluding hydrogens is 578 g/mol. The molecule has 3 heterocycles. The van der Waals surface area contributed by atoms with Gasteiger partial charge in [0.2, 0.25) is 5.78 Å². The largest absolute Gasteiger partial charge is 0.507 e. The average molecular weight is 612 g/mol. The van der Waals surface area contributed by atoms with Gasteiger partial charge in [0.05, 0.1) is 55.3 Å². The fourth-order valence-corrected chi connectivity index (χ4v) is 7.30. The summed E-state index contributed by atoms with van der Waals surface area (Å²) in [6, 6.07) is 3.97. The van der Waals surface area contributed by atoms with Crippen LogP contribution >= 0.6 is 0 Å². The predicted molar refractivity (Wildman–Crippen MR) is 148 cm³/mol. The molecule has 13 nitrogen and oxygen atoms in total. The van der Waals surface area contributed by atoms with Crippen molar-refractivity contribution < 1.29 is 58.5 Å². The smallest absolute Gasteiger partial charge is 0.202 e. The Kier molecular flexibility index (Phi) is 7.05. The molecule has 2 aromatic rings. The lowest BCUT2D eigenvalue weighted by Gasteiger charge is -2.49. The first kappa shape index (κ1) is 29.3. The van der Waals surface area contributed by atoms with Crippen molar-refractivity contribution in [3.05, 3.63) is 51.6 Å². The number of aliphatic hydroxyl groups excluding tert-OH is 1. The van der Waals surface area contributed by atoms with Crippen LogP contribution in [0.1, 0.15) is 68.8 Å². The van der Waals surface area contributed by atoms with E-state index in [0.717, 1.165) is 0 Å². The number of ether oxygens (including phenoxy) is 5. The molecule has 4 N–H and O–H groups in total. The third kappa shape index (κ3) is 4.30. The van der Waals surface area contributed by atoms with Gasteiger partial charge in [-0.1, -0.05) is 12.1 Å². The van der Waals surface area contributed by atoms with E-state index in [9.17, 15) is 34.8 Å². The normalized spacial score (nSPS) is 33.7. The van der Waals surface area contributed by atoms with Crippen LogP contribution in [0.15, 0.2) is 18.2 Å². The van der Waals surface area contributed by atoms with Gasteiger partial charge in [0.15, 0.2) is 17.9 Å². The maximum absolute atomic E-state index is 13.8. The summed E-state index contributed by atoms with van der Waals surface area (Å²) in [5.74, 6) is -3.27. The maximum Gasteiger partial charge on any atom is 0.202 e. The summed E-state index contributed by atoms with van der Waals surface area (Å²) in [6.45, 7) is 2.13. The third-order valence-electron chi connectivity index (χ3n) is 9.54. The van der Waals surface area contributed by atoms with Crippen molar-refractivity contribution in [1.29, 1.82) is 0 Å². The van der Waals surface area contributed by atoms with Crippen molar-refractivity contribution >= 4 is 17.3 Å². The van der Waals surface area contributed by atoms with Gasteiger partial charge in [0.1, 0.15) is 35.7 Å². The minimum atomic E-state index is -2.13. The van der Waals surface area contributed by atoms with E-state index < -0.39 is 95.5 Å². The molecule has 7 atom stereocenters. The molecular formula is C31H33NO12. The number of methoxy groups -OCH3 is 1. The Balaban J connectivity index is 1.38. The van der Waals surface area contributed by atoms with Gasteiger partial charge >= 0.3 is 0 Å². The van der Waals surface area contributed by atoms with E-state index >= 15 is 0 Å². The first-order valence-corrected chi connectivity index (χ1v) is 14.6. The van der Waals surface area contributed by atoms with E-state index in [1.807, 2.05) is 4.90 Å². The summed E-state index contributed by atoms with van der Waals surface area (Å²) in [5, 5.41) is 46.1. The molecule has 2 aromatic carbocycles. The van der Waals surface area contributed by atoms with Crippen molar-refractivity contribution in [1.82, 2.24) is 4.90 Å². The molecule has 3 aliphatic heterocycles. The van der Waals surface area contributed by atoms with Crippen LogP contribution in [0, 0.1) is 0 Å². The Morgan fingerprint density at radius 3 is 2.59 bits per heavy atom. The number of ketones is 3. The van der Waals surface area contributed by atoms with Crippen molar-refractivity contribution in [2.45, 2.75) is 68.7 Å². The molecule has 13 heteroatoms. The van der Waals surface area contributed by atoms with Gasteiger partial charge in [-0.15, -0.1) is 0 Å². The summed E-state index contributed by atoms with van der Waals surface area (Å²) < 4.78 is 29.2. The number of carbonyl (C=O) groups excluding carboxylic acids is 3. The Morgan fingerprint density at radius 1 is 1.05 bits per heavy atom. The Bertz CT molecular complexity index is 1570. The van der Waals surface area contributed by atoms with Crippen LogP contribution in [0.3, 0.4) is 0 Å². The first-order valence-electron chi connectivity index (χ1n) is 14.6. The van der Waals surface area contributed by atoms with Crippen LogP contribution in [0.4, 0.5) is 0 Å². The van der Waals surface area contributed by atoms with Crippen LogP contribution in [-0.4, -0.2) is 113 Å². The summed E-state index contributed by atoms with van der Waals surface area (Å²) >= 11 is 0. The number of Topliss-reactive ketones (excluding diaryl/α,β-unsaturated/α-hetero) is 1. The average Bonchev–Trinajstić information content (AvgIpc) is 3.01. The molecule has 3 saturated heterocycles. The summed E-state index contributed by atoms with van der Waals surface area (Å²) in [4.78, 5) is 43.0. The molecule has 0 spiro atoms. The molecule has 0 radical (unpaired) electrons. The molecule has 0 saturated carbocycles. The zero-order valence-electron chi connectivity index (χ0n) is 24.1. The highest BCUT2D eigenvalue weighted by atomic mass is 16.7. The maximum atomic E-state index is 13.8. The number of benzene rings is 2. The summed E-state index contributed by atoms with van der Waals surface area (Å²) in [5.41, 5.74) is -3.17. The first-order chi connectivity index (χ1) is 21.0. The van der Waals surface area contributed by atoms with Gasteiger partial charge in [-0.2, -0.15) is 0 Å². The van der Waals surface area contributed by atoms with E-state index in [1.54, 1.807) is 6.92 Å². The molecule has 2 aliphatic carbocycles. The zero-order chi connectivity index (χ0) is 31.1. The molecule has 0 aromatic heterocycles. The lowest BCUT2D eigenvalue weighted by atomic mass is 9.72. The second kappa shape index (κ2) is 10.6. The molecule has 3 fully saturated rings. The fraction of sp³-hybridized carbons (Fsp3) is 0.516. The quantitative estimate of drug-likeness (QED) is 0.283. The second-order valence-corrected chi connectivity index (χ2v) is 12.0. The minimum absolute atomic E-state index is 0.0181. The van der Waals surface area contributed by atoms with Gasteiger partial charge < -0.3 is 44.1 Å². The summed E-state index contributed by atoms with van der Waals surface area (Å²) in [6.07, 6.45) is -5.17. The van der Waals surface area contributed by atoms with Gasteiger partial charge in [-0.05, 0) is 13.0 Å². The lowest BCUT2D eigenvalue weighted by Crippen LogP contribution is -2.62. The van der Waals surface area contributed by atoms with Crippen molar-refractivity contribution in [3.8, 4) is 17.2 Å². The number of phenolic OH excluding ortho intramolecular Hbond substituents is 2. The molecule has 5 aliphatic rings. The van der Waals surface area contributed by atoms with E-state index in [-0.39, 0.29) is 47.5 Å². The summed E-state index contributed by atoms with van der Waals surface area (Å²) in [7, 11) is 1.35. The number of aromatic hydroxyl groups is 2. The number of phenols is 2. The van der Waals surface area contributed by atoms with Gasteiger partial charge in [0, 0.05) is 48.5 Å². The standard InChI is InChI=1S/C31H33NO12/c1-13-26(34)16-8-21(43-13)44-18-10-31(39,19(33)11-42-20-12-41-7-6-32(16)20)9-15-23(18)30(38)25-24(28(15)36)27(35)14-4-3-5-17(40-2)22(14)29(25)37/h3-5,13,16,18,20-21,26,34,36,38-39H,6-12H2,1-2H3/t13-,16?,18-,20?,21-,26+,31-/m0/s1. The van der Waals surface area contributed by atoms with Crippen LogP contribution in [0.2, 0.25) is 0 Å². The van der Waals surface area contributed by atoms with Crippen molar-refractivity contribution in [3.63, 3.8) is 0 Å². The molecule has 44 heavy (non-hydrogen) atoms. The Labute approximate surface area is 251 Å². The predicted octanol–water partition coefficient (Wildman–Crippen LogP) is 0.739. The Morgan fingerprint density at radius 2 is 1.82 bits per heavy atom. The van der Waals surface area contributed by atoms with E-state index in [4.69, 9.17) is 23.7 Å². The van der Waals surface area contributed by atoms with Gasteiger partial charge in [-0.25, -0.2) is 0 Å². The number of rotatable bonds is 1. The number of carbonyl (C=O) groups is 3. The third-order valence-corrected chi connectivity index (χ3v) is 9.54. The number of hydrogen-bond acceptors (Lipinski definition) is 13. The van der Waals surface area contributed by atoms with Crippen molar-refractivity contribution in [2.24, 2.45) is 0 Å². The van der Waals surface area contributed by atoms with Gasteiger partial charge in [-0.3, -0.25) is 19.3 Å². The van der Waals surface area contributed by atoms with Gasteiger partial charge in [0.25, 0.3) is 0 Å². The lowest BCUT2D eigenvalue weighted by molar-refractivity contribution is -0.275. The van der Waals surface area contributed by atoms with Crippen LogP contribution in [-0.2, 0) is 30.2 Å². The number of aliphatic hydroxyl groups is 2. The van der Waals surface area contributed by atoms with E-state index in [1.165, 1.54) is 25.3 Å². The number of nitrogens with zero attached hydrogens (tertiary/aromatic N) is 1. The van der Waals surface area contributed by atoms with Crippen LogP contribution in [0.5, 0.6) is 17.2 Å². The fourth-order valence-electron chi connectivity index (χ4n) is 7.30. The highest BCUT2D eigenvalue weighted by molar-refractivity contribution is 6.31. The number of hydrogen-bond donors (Lipinski definition) is 4. The van der Waals surface area contributed by atoms with E-state index in [2.05, 4.69) is 0 Å². The topological polar surface area (TPSA) is 182 Å². The molecule has 234 valence electrons. The highest BCUT2D eigenvalue weighted by Crippen LogP contribution is 2.52. The van der Waals surface area contributed by atoms with Crippen molar-refractivity contribution in [2.75, 3.05) is 33.5 Å². The molecule has 2 unspecified atom stereocenters. The number of fused-ring (bicyclic) bond motifs is 10. The molecule has 7 rings (SSSR count). The second-order valence-electron chi connectivity index (χ2n) is 12.0. The van der Waals surface area contributed by atoms with Crippen LogP contribution in [0.25, 0.3) is 0 Å². The zero-order valence-corrected chi connectivity index (χ0v) is 24.1. The van der Waals surface area contributed by atoms with E-state index in [0.29, 0.717) is 13.2 Å². The SMILES string of the molecule is COc1cccc2c1C(=O)c1c(O)c3c(c(O)c1C2=O)C[C@]1(O)C[C@@H]3O[C@H]2CC([C@H](O)[C@H](C)O2)N2CCOCC2OCC1=O. The number of morpholine rings is 1. The molecule has 0 amide bonds. The minimum Gasteiger partial charge on any atom is -0.507 e. The van der Waals surface area contributed by atoms with Crippen LogP contribution < -0.4 is 4.74 Å². The molecule has 4 bridgehead atoms. The monoisotopic (exact) mass is 611 g/mol. The highest BCUT2D eigenvalue weighted by Gasteiger charge is 2.52.